The van der Waals surface area contributed by atoms with E-state index in [1.807, 2.05) is 24.3 Å². The molecule has 3 aromatic rings. The lowest BCUT2D eigenvalue weighted by molar-refractivity contribution is -0.137. The Morgan fingerprint density at radius 3 is 1.78 bits per heavy atom. The van der Waals surface area contributed by atoms with Gasteiger partial charge in [0.05, 0.1) is 18.1 Å². The number of aromatic nitrogens is 3. The van der Waals surface area contributed by atoms with Crippen LogP contribution in [0.3, 0.4) is 0 Å². The van der Waals surface area contributed by atoms with Crippen molar-refractivity contribution >= 4 is 52.3 Å². The minimum atomic E-state index is -1.56. The van der Waals surface area contributed by atoms with Gasteiger partial charge in [0.2, 0.25) is 41.4 Å². The first-order valence-corrected chi connectivity index (χ1v) is 20.2. The Morgan fingerprint density at radius 1 is 0.683 bits per heavy atom. The highest BCUT2D eigenvalue weighted by Gasteiger charge is 2.36. The summed E-state index contributed by atoms with van der Waals surface area (Å²) < 4.78 is 0. The second-order valence-electron chi connectivity index (χ2n) is 15.2. The minimum Gasteiger partial charge on any atom is -0.391 e. The number of nitrogens with one attached hydrogen (secondary N) is 8. The number of fused-ring (bicyclic) bond motifs is 1. The lowest BCUT2D eigenvalue weighted by atomic mass is 9.99. The van der Waals surface area contributed by atoms with E-state index in [1.54, 1.807) is 20.0 Å². The van der Waals surface area contributed by atoms with Gasteiger partial charge in [0.15, 0.2) is 0 Å². The van der Waals surface area contributed by atoms with Gasteiger partial charge in [-0.3, -0.25) is 33.6 Å². The van der Waals surface area contributed by atoms with Crippen molar-refractivity contribution in [1.29, 1.82) is 0 Å². The van der Waals surface area contributed by atoms with Gasteiger partial charge in [-0.15, -0.1) is 0 Å². The molecule has 7 atom stereocenters. The molecule has 2 heterocycles. The van der Waals surface area contributed by atoms with Crippen LogP contribution in [0, 0.1) is 5.92 Å². The summed E-state index contributed by atoms with van der Waals surface area (Å²) in [4.78, 5) is 103. The normalized spacial score (nSPS) is 14.8. The van der Waals surface area contributed by atoms with Gasteiger partial charge in [-0.1, -0.05) is 32.0 Å². The van der Waals surface area contributed by atoms with Crippen LogP contribution in [-0.2, 0) is 46.4 Å². The first-order chi connectivity index (χ1) is 28.6. The zero-order valence-electron chi connectivity index (χ0n) is 34.7. The molecule has 3 rings (SSSR count). The quantitative estimate of drug-likeness (QED) is 0.0408. The molecule has 0 radical (unpaired) electrons. The van der Waals surface area contributed by atoms with Gasteiger partial charge >= 0.3 is 0 Å². The number of hydrogen-bond acceptors (Lipinski definition) is 11. The number of aromatic amines is 2. The van der Waals surface area contributed by atoms with Crippen LogP contribution >= 0.6 is 0 Å². The Kier molecular flexibility index (Phi) is 19.6. The van der Waals surface area contributed by atoms with E-state index in [4.69, 9.17) is 17.2 Å². The number of carbonyl (C=O) groups excluding carboxylic acids is 7. The van der Waals surface area contributed by atoms with Gasteiger partial charge in [-0.2, -0.15) is 0 Å². The van der Waals surface area contributed by atoms with Crippen molar-refractivity contribution < 1.29 is 38.7 Å². The number of nitrogens with zero attached hydrogens (tertiary/aromatic N) is 1. The first-order valence-electron chi connectivity index (χ1n) is 20.2. The molecule has 0 aliphatic rings. The molecule has 0 saturated heterocycles. The molecular weight excluding hydrogens is 777 g/mol. The molecule has 20 nitrogen and oxygen atoms in total. The van der Waals surface area contributed by atoms with Crippen molar-refractivity contribution in [2.45, 2.75) is 121 Å². The fourth-order valence-electron chi connectivity index (χ4n) is 6.58. The fourth-order valence-corrected chi connectivity index (χ4v) is 6.58. The Hall–Kier alpha value is -5.86. The summed E-state index contributed by atoms with van der Waals surface area (Å²) in [6, 6.07) is -0.0343. The van der Waals surface area contributed by atoms with E-state index in [-0.39, 0.29) is 19.3 Å². The van der Waals surface area contributed by atoms with E-state index in [2.05, 4.69) is 46.9 Å². The molecule has 2 aromatic heterocycles. The highest BCUT2D eigenvalue weighted by molar-refractivity contribution is 5.97. The molecule has 0 saturated carbocycles. The lowest BCUT2D eigenvalue weighted by Crippen LogP contribution is -2.62. The number of benzene rings is 1. The zero-order valence-corrected chi connectivity index (χ0v) is 34.7. The SMILES string of the molecule is CC(=O)N[C@@H](CCCCN)C(=O)N[C@@H](CCCCN)C(=O)N[C@@H](Cc1c[nH]c2ccccc12)C(=O)N[C@H](C(=O)N[C@H](C(=O)N[C@@H](Cc1c[nH]cn1)C(N)=O)[C@@H](C)O)C(C)C. The van der Waals surface area contributed by atoms with Crippen LogP contribution in [0.1, 0.15) is 77.5 Å². The molecule has 0 spiro atoms. The summed E-state index contributed by atoms with van der Waals surface area (Å²) in [6.45, 7) is 6.62. The number of H-pyrrole nitrogens is 2. The van der Waals surface area contributed by atoms with Gasteiger partial charge < -0.3 is 64.2 Å². The second kappa shape index (κ2) is 24.3. The largest absolute Gasteiger partial charge is 0.391 e. The molecule has 0 unspecified atom stereocenters. The molecule has 20 heteroatoms. The van der Waals surface area contributed by atoms with Crippen molar-refractivity contribution in [2.24, 2.45) is 23.1 Å². The molecule has 0 fully saturated rings. The van der Waals surface area contributed by atoms with Crippen LogP contribution in [0.15, 0.2) is 43.0 Å². The third-order valence-corrected chi connectivity index (χ3v) is 9.89. The van der Waals surface area contributed by atoms with Crippen LogP contribution in [0.25, 0.3) is 10.9 Å². The van der Waals surface area contributed by atoms with Crippen molar-refractivity contribution in [1.82, 2.24) is 46.9 Å². The number of amides is 7. The molecule has 7 amide bonds. The van der Waals surface area contributed by atoms with Crippen LogP contribution in [-0.4, -0.2) is 117 Å². The number of rotatable bonds is 26. The number of hydrogen-bond donors (Lipinski definition) is 12. The van der Waals surface area contributed by atoms with Gasteiger partial charge in [0, 0.05) is 43.1 Å². The summed E-state index contributed by atoms with van der Waals surface area (Å²) in [6.07, 6.45) is 5.74. The van der Waals surface area contributed by atoms with Gasteiger partial charge in [-0.25, -0.2) is 4.98 Å². The standard InChI is InChI=1S/C40H62N12O8/c1-22(2)33(39(59)52-34(23(3)53)40(60)49-31(35(43)55)18-26-20-44-21-46-26)51-38(58)32(17-25-19-45-28-12-6-5-11-27(25)28)50-37(57)30(14-8-10-16-42)48-36(56)29(47-24(4)54)13-7-9-15-41/h5-6,11-12,19-23,29-34,45,53H,7-10,13-18,41-42H2,1-4H3,(H2,43,55)(H,44,46)(H,47,54)(H,48,56)(H,49,60)(H,50,57)(H,51,58)(H,52,59)/t23-,29+,30+,31+,32+,33+,34+/m1/s1. The Balaban J connectivity index is 1.89. The maximum atomic E-state index is 14.3. The van der Waals surface area contributed by atoms with E-state index < -0.39 is 89.6 Å². The van der Waals surface area contributed by atoms with E-state index >= 15 is 0 Å². The molecule has 0 aliphatic heterocycles. The smallest absolute Gasteiger partial charge is 0.245 e. The van der Waals surface area contributed by atoms with E-state index in [9.17, 15) is 38.7 Å². The Bertz CT molecular complexity index is 1880. The molecule has 1 aromatic carbocycles. The number of nitrogens with two attached hydrogens (primary N) is 3. The number of carbonyl (C=O) groups is 7. The minimum absolute atomic E-state index is 0.0334. The number of aliphatic hydroxyl groups excluding tert-OH is 1. The van der Waals surface area contributed by atoms with Gasteiger partial charge in [0.1, 0.15) is 36.3 Å². The predicted octanol–water partition coefficient (Wildman–Crippen LogP) is -1.62. The van der Waals surface area contributed by atoms with Gasteiger partial charge in [-0.05, 0) is 76.1 Å². The molecule has 0 aliphatic carbocycles. The third-order valence-electron chi connectivity index (χ3n) is 9.89. The summed E-state index contributed by atoms with van der Waals surface area (Å²) in [5, 5.41) is 27.2. The maximum Gasteiger partial charge on any atom is 0.245 e. The van der Waals surface area contributed by atoms with Crippen LogP contribution in [0.5, 0.6) is 0 Å². The number of imidazole rings is 1. The molecule has 15 N–H and O–H groups in total. The van der Waals surface area contributed by atoms with Crippen LogP contribution < -0.4 is 49.1 Å². The van der Waals surface area contributed by atoms with Gasteiger partial charge in [0.25, 0.3) is 0 Å². The Labute approximate surface area is 349 Å². The van der Waals surface area contributed by atoms with Crippen molar-refractivity contribution in [3.63, 3.8) is 0 Å². The maximum absolute atomic E-state index is 14.3. The molecule has 0 bridgehead atoms. The monoisotopic (exact) mass is 838 g/mol. The topological polar surface area (TPSA) is 334 Å². The van der Waals surface area contributed by atoms with Crippen LogP contribution in [0.4, 0.5) is 0 Å². The molecular formula is C40H62N12O8. The summed E-state index contributed by atoms with van der Waals surface area (Å²) >= 11 is 0. The number of unbranched alkanes of at least 4 members (excludes halogenated alkanes) is 2. The van der Waals surface area contributed by atoms with Crippen LogP contribution in [0.2, 0.25) is 0 Å². The average molecular weight is 839 g/mol. The highest BCUT2D eigenvalue weighted by Crippen LogP contribution is 2.20. The van der Waals surface area contributed by atoms with Crippen molar-refractivity contribution in [2.75, 3.05) is 13.1 Å². The molecule has 330 valence electrons. The zero-order chi connectivity index (χ0) is 44.4. The Morgan fingerprint density at radius 2 is 1.23 bits per heavy atom. The highest BCUT2D eigenvalue weighted by atomic mass is 16.3. The summed E-state index contributed by atoms with van der Waals surface area (Å²) in [5.74, 6) is -5.60. The van der Waals surface area contributed by atoms with Crippen molar-refractivity contribution in [3.05, 3.63) is 54.2 Å². The predicted molar refractivity (Wildman–Crippen MR) is 223 cm³/mol. The summed E-state index contributed by atoms with van der Waals surface area (Å²) in [7, 11) is 0. The fraction of sp³-hybridized carbons (Fsp3) is 0.550. The second-order valence-corrected chi connectivity index (χ2v) is 15.2. The number of aliphatic hydroxyl groups is 1. The number of primary amides is 1. The lowest BCUT2D eigenvalue weighted by Gasteiger charge is -2.29. The third kappa shape index (κ3) is 15.1. The number of para-hydroxylation sites is 1. The van der Waals surface area contributed by atoms with Crippen molar-refractivity contribution in [3.8, 4) is 0 Å². The van der Waals surface area contributed by atoms with E-state index in [1.165, 1.54) is 26.4 Å². The van der Waals surface area contributed by atoms with E-state index in [0.717, 1.165) is 10.9 Å². The molecule has 60 heavy (non-hydrogen) atoms. The summed E-state index contributed by atoms with van der Waals surface area (Å²) in [5.41, 5.74) is 18.8. The van der Waals surface area contributed by atoms with E-state index in [0.29, 0.717) is 56.5 Å². The first kappa shape index (κ1) is 48.5. The average Bonchev–Trinajstić information content (AvgIpc) is 3.87.